The average molecular weight is 384 g/mol. The fraction of sp³-hybridized carbons (Fsp3) is 0.571. The molecule has 1 aliphatic carbocycles. The third kappa shape index (κ3) is 3.51. The number of piperidine rings is 1. The van der Waals surface area contributed by atoms with E-state index in [0.717, 1.165) is 42.4 Å². The molecule has 4 amide bonds. The molecule has 2 saturated heterocycles. The summed E-state index contributed by atoms with van der Waals surface area (Å²) in [6.45, 7) is 3.64. The topological polar surface area (TPSA) is 81.8 Å². The second kappa shape index (κ2) is 7.54. The molecule has 3 aliphatic rings. The molecule has 3 fully saturated rings. The number of hydrogen-bond acceptors (Lipinski definition) is 4. The first-order valence-corrected chi connectivity index (χ1v) is 10.3. The Hall–Kier alpha value is -2.41. The largest absolute Gasteiger partial charge is 0.352 e. The summed E-state index contributed by atoms with van der Waals surface area (Å²) in [4.78, 5) is 41.6. The maximum Gasteiger partial charge on any atom is 0.325 e. The quantitative estimate of drug-likeness (QED) is 0.730. The number of carbonyl (C=O) groups is 3. The van der Waals surface area contributed by atoms with E-state index in [9.17, 15) is 14.4 Å². The van der Waals surface area contributed by atoms with E-state index in [0.29, 0.717) is 6.42 Å². The van der Waals surface area contributed by atoms with Crippen LogP contribution < -0.4 is 10.6 Å². The second-order valence-corrected chi connectivity index (χ2v) is 8.06. The monoisotopic (exact) mass is 384 g/mol. The van der Waals surface area contributed by atoms with Crippen molar-refractivity contribution in [2.75, 3.05) is 19.6 Å². The normalized spacial score (nSPS) is 26.4. The van der Waals surface area contributed by atoms with Gasteiger partial charge < -0.3 is 15.5 Å². The van der Waals surface area contributed by atoms with Gasteiger partial charge in [-0.1, -0.05) is 37.3 Å². The van der Waals surface area contributed by atoms with Gasteiger partial charge >= 0.3 is 6.03 Å². The maximum atomic E-state index is 13.1. The zero-order chi connectivity index (χ0) is 19.7. The number of benzene rings is 1. The van der Waals surface area contributed by atoms with Crippen molar-refractivity contribution in [3.8, 4) is 0 Å². The third-order valence-corrected chi connectivity index (χ3v) is 6.23. The first-order valence-electron chi connectivity index (χ1n) is 10.3. The van der Waals surface area contributed by atoms with Crippen LogP contribution in [0.1, 0.15) is 44.6 Å². The molecule has 1 atom stereocenters. The van der Waals surface area contributed by atoms with E-state index in [4.69, 9.17) is 0 Å². The summed E-state index contributed by atoms with van der Waals surface area (Å²) in [6.07, 6.45) is 4.86. The Morgan fingerprint density at radius 1 is 1.14 bits per heavy atom. The lowest BCUT2D eigenvalue weighted by Crippen LogP contribution is -2.49. The number of rotatable bonds is 6. The van der Waals surface area contributed by atoms with E-state index >= 15 is 0 Å². The number of hydrogen-bond donors (Lipinski definition) is 2. The lowest BCUT2D eigenvalue weighted by atomic mass is 9.87. The molecule has 28 heavy (non-hydrogen) atoms. The van der Waals surface area contributed by atoms with Crippen molar-refractivity contribution in [2.45, 2.75) is 56.7 Å². The number of urea groups is 1. The fourth-order valence-corrected chi connectivity index (χ4v) is 4.40. The van der Waals surface area contributed by atoms with Crippen LogP contribution in [0.3, 0.4) is 0 Å². The van der Waals surface area contributed by atoms with Crippen LogP contribution >= 0.6 is 0 Å². The summed E-state index contributed by atoms with van der Waals surface area (Å²) in [6, 6.07) is 9.59. The van der Waals surface area contributed by atoms with Gasteiger partial charge in [0.15, 0.2) is 0 Å². The van der Waals surface area contributed by atoms with Gasteiger partial charge in [0.05, 0.1) is 0 Å². The Kier molecular flexibility index (Phi) is 5.10. The van der Waals surface area contributed by atoms with Crippen molar-refractivity contribution in [3.63, 3.8) is 0 Å². The molecule has 1 aromatic rings. The van der Waals surface area contributed by atoms with E-state index in [1.165, 1.54) is 12.8 Å². The van der Waals surface area contributed by atoms with E-state index < -0.39 is 11.6 Å². The molecule has 1 unspecified atom stereocenters. The zero-order valence-corrected chi connectivity index (χ0v) is 16.3. The van der Waals surface area contributed by atoms with Gasteiger partial charge in [-0.05, 0) is 37.7 Å². The molecule has 1 aromatic carbocycles. The molecule has 7 nitrogen and oxygen atoms in total. The molecule has 2 aliphatic heterocycles. The first-order chi connectivity index (χ1) is 13.5. The van der Waals surface area contributed by atoms with Gasteiger partial charge in [-0.3, -0.25) is 14.5 Å². The number of likely N-dealkylation sites (tertiary alicyclic amines) is 1. The first kappa shape index (κ1) is 18.9. The molecule has 2 heterocycles. The van der Waals surface area contributed by atoms with Crippen molar-refractivity contribution >= 4 is 17.8 Å². The molecule has 1 saturated carbocycles. The highest BCUT2D eigenvalue weighted by Crippen LogP contribution is 2.32. The van der Waals surface area contributed by atoms with Crippen molar-refractivity contribution < 1.29 is 14.4 Å². The predicted octanol–water partition coefficient (Wildman–Crippen LogP) is 1.59. The van der Waals surface area contributed by atoms with Gasteiger partial charge in [0.1, 0.15) is 12.1 Å². The minimum atomic E-state index is -1.09. The van der Waals surface area contributed by atoms with Crippen LogP contribution in [0.2, 0.25) is 0 Å². The van der Waals surface area contributed by atoms with Crippen molar-refractivity contribution in [1.29, 1.82) is 0 Å². The zero-order valence-electron chi connectivity index (χ0n) is 16.3. The van der Waals surface area contributed by atoms with E-state index in [1.54, 1.807) is 0 Å². The summed E-state index contributed by atoms with van der Waals surface area (Å²) < 4.78 is 0. The van der Waals surface area contributed by atoms with E-state index in [1.807, 2.05) is 37.3 Å². The highest BCUT2D eigenvalue weighted by atomic mass is 16.2. The molecule has 150 valence electrons. The van der Waals surface area contributed by atoms with Crippen LogP contribution in [0.15, 0.2) is 30.3 Å². The van der Waals surface area contributed by atoms with E-state index in [2.05, 4.69) is 15.5 Å². The number of imide groups is 1. The Labute approximate surface area is 165 Å². The second-order valence-electron chi connectivity index (χ2n) is 8.06. The number of nitrogens with zero attached hydrogens (tertiary/aromatic N) is 2. The van der Waals surface area contributed by atoms with Gasteiger partial charge in [0, 0.05) is 25.2 Å². The minimum absolute atomic E-state index is 0.119. The smallest absolute Gasteiger partial charge is 0.325 e. The van der Waals surface area contributed by atoms with E-state index in [-0.39, 0.29) is 24.4 Å². The molecule has 0 radical (unpaired) electrons. The number of amides is 4. The highest BCUT2D eigenvalue weighted by molar-refractivity contribution is 6.09. The lowest BCUT2D eigenvalue weighted by molar-refractivity contribution is -0.135. The summed E-state index contributed by atoms with van der Waals surface area (Å²) >= 11 is 0. The molecule has 7 heteroatoms. The molecule has 0 spiro atoms. The summed E-state index contributed by atoms with van der Waals surface area (Å²) in [5, 5.41) is 5.83. The van der Waals surface area contributed by atoms with Crippen LogP contribution in [-0.4, -0.2) is 59.4 Å². The number of carbonyl (C=O) groups excluding carboxylic acids is 3. The van der Waals surface area contributed by atoms with Gasteiger partial charge in [0.25, 0.3) is 5.91 Å². The van der Waals surface area contributed by atoms with Crippen LogP contribution in [0.25, 0.3) is 0 Å². The summed E-state index contributed by atoms with van der Waals surface area (Å²) in [7, 11) is 0. The average Bonchev–Trinajstić information content (AvgIpc) is 3.53. The Bertz CT molecular complexity index is 756. The van der Waals surface area contributed by atoms with Crippen molar-refractivity contribution in [3.05, 3.63) is 35.9 Å². The minimum Gasteiger partial charge on any atom is -0.352 e. The third-order valence-electron chi connectivity index (χ3n) is 6.23. The molecular weight excluding hydrogens is 356 g/mol. The molecule has 4 rings (SSSR count). The standard InChI is InChI=1S/C21H28N4O3/c1-2-21(15-6-4-3-5-7-15)19(27)25(20(28)23-21)14-18(26)22-16-10-12-24(13-11-16)17-8-9-17/h3-7,16-17H,2,8-14H2,1H3,(H,22,26)(H,23,28). The Morgan fingerprint density at radius 3 is 2.43 bits per heavy atom. The number of nitrogens with one attached hydrogen (secondary N) is 2. The van der Waals surface area contributed by atoms with Gasteiger partial charge in [-0.2, -0.15) is 0 Å². The van der Waals surface area contributed by atoms with Crippen molar-refractivity contribution in [2.24, 2.45) is 0 Å². The molecular formula is C21H28N4O3. The lowest BCUT2D eigenvalue weighted by Gasteiger charge is -2.32. The Morgan fingerprint density at radius 2 is 1.82 bits per heavy atom. The SMILES string of the molecule is CCC1(c2ccccc2)NC(=O)N(CC(=O)NC2CCN(C3CC3)CC2)C1=O. The van der Waals surface area contributed by atoms with Gasteiger partial charge in [-0.15, -0.1) is 0 Å². The van der Waals surface area contributed by atoms with Gasteiger partial charge in [-0.25, -0.2) is 4.79 Å². The summed E-state index contributed by atoms with van der Waals surface area (Å²) in [5.41, 5.74) is -0.347. The molecule has 2 N–H and O–H groups in total. The maximum absolute atomic E-state index is 13.1. The predicted molar refractivity (Wildman–Crippen MR) is 104 cm³/mol. The van der Waals surface area contributed by atoms with Crippen LogP contribution in [0.5, 0.6) is 0 Å². The fourth-order valence-electron chi connectivity index (χ4n) is 4.40. The van der Waals surface area contributed by atoms with Gasteiger partial charge in [0.2, 0.25) is 5.91 Å². The molecule has 0 aromatic heterocycles. The Balaban J connectivity index is 1.37. The van der Waals surface area contributed by atoms with Crippen molar-refractivity contribution in [1.82, 2.24) is 20.4 Å². The highest BCUT2D eigenvalue weighted by Gasteiger charge is 2.51. The molecule has 0 bridgehead atoms. The van der Waals surface area contributed by atoms with Crippen LogP contribution in [-0.2, 0) is 15.1 Å². The van der Waals surface area contributed by atoms with Crippen LogP contribution in [0.4, 0.5) is 4.79 Å². The van der Waals surface area contributed by atoms with Crippen LogP contribution in [0, 0.1) is 0 Å². The summed E-state index contributed by atoms with van der Waals surface area (Å²) in [5.74, 6) is -0.627.